The minimum atomic E-state index is -4.62. The van der Waals surface area contributed by atoms with Crippen LogP contribution in [-0.4, -0.2) is 17.7 Å². The molecule has 0 saturated carbocycles. The molecule has 2 aromatic carbocycles. The Kier molecular flexibility index (Phi) is 7.20. The molecule has 0 aliphatic carbocycles. The van der Waals surface area contributed by atoms with Crippen LogP contribution in [0.2, 0.25) is 0 Å². The number of carbonyl (C=O) groups excluding carboxylic acids is 3. The second kappa shape index (κ2) is 9.43. The number of hydrogen-bond donors (Lipinski definition) is 3. The van der Waals surface area contributed by atoms with Gasteiger partial charge in [0, 0.05) is 13.8 Å². The topological polar surface area (TPSA) is 87.3 Å². The van der Waals surface area contributed by atoms with Crippen molar-refractivity contribution < 1.29 is 27.6 Å². The van der Waals surface area contributed by atoms with Crippen molar-refractivity contribution in [3.05, 3.63) is 59.2 Å². The van der Waals surface area contributed by atoms with Crippen LogP contribution in [0.4, 0.5) is 24.5 Å². The molecule has 2 rings (SSSR count). The molecule has 0 radical (unpaired) electrons. The predicted molar refractivity (Wildman–Crippen MR) is 107 cm³/mol. The summed E-state index contributed by atoms with van der Waals surface area (Å²) < 4.78 is 39.2. The van der Waals surface area contributed by atoms with Gasteiger partial charge >= 0.3 is 6.18 Å². The number of carbonyl (C=O) groups is 3. The Labute approximate surface area is 171 Å². The molecule has 0 aliphatic heterocycles. The van der Waals surface area contributed by atoms with Crippen LogP contribution in [0.5, 0.6) is 0 Å². The molecule has 3 amide bonds. The van der Waals surface area contributed by atoms with Gasteiger partial charge in [0.25, 0.3) is 0 Å². The summed E-state index contributed by atoms with van der Waals surface area (Å²) in [7, 11) is 0. The average molecular weight is 421 g/mol. The van der Waals surface area contributed by atoms with Gasteiger partial charge in [-0.1, -0.05) is 29.8 Å². The highest BCUT2D eigenvalue weighted by molar-refractivity contribution is 5.99. The number of benzene rings is 2. The summed E-state index contributed by atoms with van der Waals surface area (Å²) in [4.78, 5) is 35.5. The van der Waals surface area contributed by atoms with E-state index in [4.69, 9.17) is 0 Å². The maximum absolute atomic E-state index is 13.1. The van der Waals surface area contributed by atoms with E-state index in [2.05, 4.69) is 16.0 Å². The molecule has 0 fully saturated rings. The number of aryl methyl sites for hydroxylation is 1. The van der Waals surface area contributed by atoms with Gasteiger partial charge in [-0.3, -0.25) is 14.4 Å². The largest absolute Gasteiger partial charge is 0.416 e. The quantitative estimate of drug-likeness (QED) is 0.654. The molecule has 0 heterocycles. The van der Waals surface area contributed by atoms with Crippen molar-refractivity contribution in [3.63, 3.8) is 0 Å². The normalized spacial score (nSPS) is 12.1. The smallest absolute Gasteiger partial charge is 0.349 e. The molecule has 0 saturated heterocycles. The zero-order valence-electron chi connectivity index (χ0n) is 16.7. The molecule has 0 bridgehead atoms. The van der Waals surface area contributed by atoms with Gasteiger partial charge in [0.2, 0.25) is 17.7 Å². The highest BCUT2D eigenvalue weighted by atomic mass is 19.4. The van der Waals surface area contributed by atoms with Gasteiger partial charge in [-0.2, -0.15) is 13.2 Å². The molecule has 3 N–H and O–H groups in total. The summed E-state index contributed by atoms with van der Waals surface area (Å²) >= 11 is 0. The van der Waals surface area contributed by atoms with Gasteiger partial charge in [-0.25, -0.2) is 0 Å². The third kappa shape index (κ3) is 6.61. The molecule has 9 heteroatoms. The lowest BCUT2D eigenvalue weighted by atomic mass is 10.0. The number of anilines is 2. The molecule has 0 aliphatic rings. The number of nitrogens with one attached hydrogen (secondary N) is 3. The molecule has 6 nitrogen and oxygen atoms in total. The lowest BCUT2D eigenvalue weighted by Gasteiger charge is -2.19. The van der Waals surface area contributed by atoms with Gasteiger partial charge in [-0.05, 0) is 30.7 Å². The minimum Gasteiger partial charge on any atom is -0.349 e. The van der Waals surface area contributed by atoms with E-state index in [1.807, 2.05) is 19.1 Å². The van der Waals surface area contributed by atoms with Gasteiger partial charge in [-0.15, -0.1) is 0 Å². The fourth-order valence-electron chi connectivity index (χ4n) is 2.81. The molecular formula is C21H22F3N3O3. The summed E-state index contributed by atoms with van der Waals surface area (Å²) in [6.45, 7) is 4.40. The first kappa shape index (κ1) is 22.9. The average Bonchev–Trinajstić information content (AvgIpc) is 2.61. The Morgan fingerprint density at radius 3 is 2.07 bits per heavy atom. The van der Waals surface area contributed by atoms with Gasteiger partial charge in [0.15, 0.2) is 0 Å². The van der Waals surface area contributed by atoms with Crippen LogP contribution in [0.1, 0.15) is 43.0 Å². The highest BCUT2D eigenvalue weighted by Crippen LogP contribution is 2.34. The zero-order valence-corrected chi connectivity index (χ0v) is 16.7. The zero-order chi connectivity index (χ0) is 22.5. The van der Waals surface area contributed by atoms with Crippen LogP contribution in [0, 0.1) is 6.92 Å². The Morgan fingerprint density at radius 1 is 0.900 bits per heavy atom. The van der Waals surface area contributed by atoms with Gasteiger partial charge < -0.3 is 16.0 Å². The molecule has 0 aromatic heterocycles. The van der Waals surface area contributed by atoms with Crippen molar-refractivity contribution in [3.8, 4) is 0 Å². The number of halogens is 3. The summed E-state index contributed by atoms with van der Waals surface area (Å²) in [6.07, 6.45) is -4.83. The number of hydrogen-bond acceptors (Lipinski definition) is 3. The van der Waals surface area contributed by atoms with Crippen LogP contribution in [0.3, 0.4) is 0 Å². The molecule has 1 atom stereocenters. The van der Waals surface area contributed by atoms with Crippen LogP contribution in [0.15, 0.2) is 42.5 Å². The monoisotopic (exact) mass is 421 g/mol. The lowest BCUT2D eigenvalue weighted by Crippen LogP contribution is -2.30. The second-order valence-corrected chi connectivity index (χ2v) is 6.86. The van der Waals surface area contributed by atoms with E-state index >= 15 is 0 Å². The van der Waals surface area contributed by atoms with E-state index in [1.165, 1.54) is 13.8 Å². The second-order valence-electron chi connectivity index (χ2n) is 6.86. The molecule has 2 aromatic rings. The number of amides is 3. The number of rotatable bonds is 6. The summed E-state index contributed by atoms with van der Waals surface area (Å²) in [5.74, 6) is -1.48. The van der Waals surface area contributed by atoms with Crippen molar-refractivity contribution in [1.82, 2.24) is 5.32 Å². The van der Waals surface area contributed by atoms with Crippen molar-refractivity contribution in [1.29, 1.82) is 0 Å². The van der Waals surface area contributed by atoms with Crippen molar-refractivity contribution in [2.75, 3.05) is 10.6 Å². The Hall–Kier alpha value is -3.36. The molecule has 30 heavy (non-hydrogen) atoms. The molecule has 160 valence electrons. The third-order valence-corrected chi connectivity index (χ3v) is 4.18. The molecular weight excluding hydrogens is 399 g/mol. The Balaban J connectivity index is 2.28. The maximum atomic E-state index is 13.1. The standard InChI is InChI=1S/C21H22F3N3O3/c1-12-4-6-15(7-5-12)18(26-14(3)29)11-20(30)27-19-10-16(21(22,23)24)8-9-17(19)25-13(2)28/h4-10,18H,11H2,1-3H3,(H,25,28)(H,26,29)(H,27,30). The van der Waals surface area contributed by atoms with Crippen LogP contribution in [0.25, 0.3) is 0 Å². The number of alkyl halides is 3. The van der Waals surface area contributed by atoms with Crippen molar-refractivity contribution in [2.24, 2.45) is 0 Å². The van der Waals surface area contributed by atoms with Gasteiger partial charge in [0.1, 0.15) is 0 Å². The van der Waals surface area contributed by atoms with Crippen molar-refractivity contribution >= 4 is 29.1 Å². The summed E-state index contributed by atoms with van der Waals surface area (Å²) in [6, 6.07) is 9.14. The predicted octanol–water partition coefficient (Wildman–Crippen LogP) is 4.18. The third-order valence-electron chi connectivity index (χ3n) is 4.18. The fourth-order valence-corrected chi connectivity index (χ4v) is 2.81. The molecule has 1 unspecified atom stereocenters. The van der Waals surface area contributed by atoms with Crippen molar-refractivity contribution in [2.45, 2.75) is 39.4 Å². The van der Waals surface area contributed by atoms with Crippen LogP contribution >= 0.6 is 0 Å². The van der Waals surface area contributed by atoms with Gasteiger partial charge in [0.05, 0.1) is 29.4 Å². The Morgan fingerprint density at radius 2 is 1.53 bits per heavy atom. The lowest BCUT2D eigenvalue weighted by molar-refractivity contribution is -0.137. The minimum absolute atomic E-state index is 0.0373. The first-order valence-electron chi connectivity index (χ1n) is 9.08. The SMILES string of the molecule is CC(=O)Nc1ccc(C(F)(F)F)cc1NC(=O)CC(NC(C)=O)c1ccc(C)cc1. The summed E-state index contributed by atoms with van der Waals surface area (Å²) in [5.41, 5.74) is 0.556. The molecule has 0 spiro atoms. The van der Waals surface area contributed by atoms with E-state index in [0.717, 1.165) is 23.8 Å². The van der Waals surface area contributed by atoms with E-state index in [1.54, 1.807) is 12.1 Å². The van der Waals surface area contributed by atoms with E-state index < -0.39 is 29.6 Å². The maximum Gasteiger partial charge on any atom is 0.416 e. The van der Waals surface area contributed by atoms with Crippen LogP contribution in [-0.2, 0) is 20.6 Å². The van der Waals surface area contributed by atoms with E-state index in [-0.39, 0.29) is 23.7 Å². The first-order valence-corrected chi connectivity index (χ1v) is 9.08. The fraction of sp³-hybridized carbons (Fsp3) is 0.286. The van der Waals surface area contributed by atoms with E-state index in [9.17, 15) is 27.6 Å². The Bertz CT molecular complexity index is 941. The van der Waals surface area contributed by atoms with Crippen LogP contribution < -0.4 is 16.0 Å². The summed E-state index contributed by atoms with van der Waals surface area (Å²) in [5, 5.41) is 7.46. The first-order chi connectivity index (χ1) is 14.0. The van der Waals surface area contributed by atoms with E-state index in [0.29, 0.717) is 5.56 Å². The highest BCUT2D eigenvalue weighted by Gasteiger charge is 2.31.